The fourth-order valence-electron chi connectivity index (χ4n) is 1.65. The van der Waals surface area contributed by atoms with E-state index >= 15 is 0 Å². The summed E-state index contributed by atoms with van der Waals surface area (Å²) in [6.45, 7) is 4.34. The fraction of sp³-hybridized carbons (Fsp3) is 0.545. The Morgan fingerprint density at radius 3 is 2.79 bits per heavy atom. The van der Waals surface area contributed by atoms with E-state index in [1.807, 2.05) is 6.20 Å². The molecule has 0 N–H and O–H groups in total. The maximum atomic E-state index is 4.39. The van der Waals surface area contributed by atoms with Gasteiger partial charge in [0, 0.05) is 23.3 Å². The highest BCUT2D eigenvalue weighted by Crippen LogP contribution is 2.27. The van der Waals surface area contributed by atoms with Gasteiger partial charge in [-0.2, -0.15) is 0 Å². The molecule has 2 rings (SSSR count). The van der Waals surface area contributed by atoms with Gasteiger partial charge in [0.1, 0.15) is 0 Å². The van der Waals surface area contributed by atoms with E-state index in [0.717, 1.165) is 23.6 Å². The molecule has 1 heterocycles. The second-order valence-electron chi connectivity index (χ2n) is 3.76. The number of hydrogen-bond acceptors (Lipinski definition) is 2. The first-order chi connectivity index (χ1) is 6.79. The first kappa shape index (κ1) is 10.1. The summed E-state index contributed by atoms with van der Waals surface area (Å²) in [6.07, 6.45) is 4.60. The minimum Gasteiger partial charge on any atom is -0.295 e. The molecular weight excluding hydrogens is 240 g/mol. The van der Waals surface area contributed by atoms with E-state index < -0.39 is 0 Å². The van der Waals surface area contributed by atoms with Crippen molar-refractivity contribution in [3.05, 3.63) is 28.5 Å². The molecule has 0 amide bonds. The maximum Gasteiger partial charge on any atom is 0.0544 e. The van der Waals surface area contributed by atoms with Gasteiger partial charge in [-0.05, 0) is 47.4 Å². The van der Waals surface area contributed by atoms with E-state index in [2.05, 4.69) is 44.9 Å². The highest BCUT2D eigenvalue weighted by Gasteiger charge is 2.27. The van der Waals surface area contributed by atoms with Crippen LogP contribution in [0, 0.1) is 0 Å². The molecule has 0 atom stereocenters. The predicted molar refractivity (Wildman–Crippen MR) is 61.0 cm³/mol. The van der Waals surface area contributed by atoms with Gasteiger partial charge in [0.25, 0.3) is 0 Å². The van der Waals surface area contributed by atoms with E-state index in [1.54, 1.807) is 0 Å². The summed E-state index contributed by atoms with van der Waals surface area (Å²) in [5.41, 5.74) is 1.17. The summed E-state index contributed by atoms with van der Waals surface area (Å²) >= 11 is 3.39. The summed E-state index contributed by atoms with van der Waals surface area (Å²) in [4.78, 5) is 6.88. The van der Waals surface area contributed by atoms with Gasteiger partial charge in [0.05, 0.1) is 5.69 Å². The van der Waals surface area contributed by atoms with Crippen molar-refractivity contribution < 1.29 is 0 Å². The van der Waals surface area contributed by atoms with Crippen molar-refractivity contribution in [1.29, 1.82) is 0 Å². The van der Waals surface area contributed by atoms with E-state index in [0.29, 0.717) is 0 Å². The molecular formula is C11H15BrN2. The van der Waals surface area contributed by atoms with E-state index in [1.165, 1.54) is 18.5 Å². The lowest BCUT2D eigenvalue weighted by Gasteiger charge is -2.18. The monoisotopic (exact) mass is 254 g/mol. The molecule has 1 fully saturated rings. The quantitative estimate of drug-likeness (QED) is 0.822. The van der Waals surface area contributed by atoms with E-state index in [9.17, 15) is 0 Å². The van der Waals surface area contributed by atoms with Crippen molar-refractivity contribution in [1.82, 2.24) is 9.88 Å². The zero-order valence-corrected chi connectivity index (χ0v) is 10.00. The molecule has 1 aromatic heterocycles. The molecule has 0 bridgehead atoms. The van der Waals surface area contributed by atoms with E-state index in [4.69, 9.17) is 0 Å². The van der Waals surface area contributed by atoms with Gasteiger partial charge in [-0.1, -0.05) is 6.92 Å². The molecule has 1 aliphatic rings. The van der Waals surface area contributed by atoms with Gasteiger partial charge < -0.3 is 0 Å². The average Bonchev–Trinajstić information content (AvgIpc) is 3.01. The molecule has 0 aliphatic heterocycles. The third-order valence-electron chi connectivity index (χ3n) is 2.62. The molecule has 0 radical (unpaired) electrons. The Labute approximate surface area is 93.5 Å². The molecule has 0 saturated heterocycles. The summed E-state index contributed by atoms with van der Waals surface area (Å²) < 4.78 is 1.05. The summed E-state index contributed by atoms with van der Waals surface area (Å²) in [6, 6.07) is 4.98. The molecule has 14 heavy (non-hydrogen) atoms. The predicted octanol–water partition coefficient (Wildman–Crippen LogP) is 2.83. The SMILES string of the molecule is CCN(Cc1ccc(Br)cn1)C1CC1. The zero-order valence-electron chi connectivity index (χ0n) is 8.41. The standard InChI is InChI=1S/C11H15BrN2/c1-2-14(11-5-6-11)8-10-4-3-9(12)7-13-10/h3-4,7,11H,2,5-6,8H2,1H3. The van der Waals surface area contributed by atoms with Crippen molar-refractivity contribution in [2.75, 3.05) is 6.54 Å². The van der Waals surface area contributed by atoms with Crippen LogP contribution >= 0.6 is 15.9 Å². The van der Waals surface area contributed by atoms with Crippen molar-refractivity contribution in [2.45, 2.75) is 32.4 Å². The molecule has 0 aromatic carbocycles. The smallest absolute Gasteiger partial charge is 0.0544 e. The molecule has 0 spiro atoms. The summed E-state index contributed by atoms with van der Waals surface area (Å²) in [7, 11) is 0. The van der Waals surface area contributed by atoms with Crippen LogP contribution in [-0.4, -0.2) is 22.5 Å². The van der Waals surface area contributed by atoms with Crippen molar-refractivity contribution >= 4 is 15.9 Å². The van der Waals surface area contributed by atoms with Crippen LogP contribution in [0.25, 0.3) is 0 Å². The number of aromatic nitrogens is 1. The van der Waals surface area contributed by atoms with Crippen LogP contribution in [-0.2, 0) is 6.54 Å². The zero-order chi connectivity index (χ0) is 9.97. The second-order valence-corrected chi connectivity index (χ2v) is 4.68. The van der Waals surface area contributed by atoms with Gasteiger partial charge in [-0.15, -0.1) is 0 Å². The highest BCUT2D eigenvalue weighted by atomic mass is 79.9. The Kier molecular flexibility index (Phi) is 3.19. The first-order valence-electron chi connectivity index (χ1n) is 5.14. The fourth-order valence-corrected chi connectivity index (χ4v) is 1.88. The Balaban J connectivity index is 1.98. The highest BCUT2D eigenvalue weighted by molar-refractivity contribution is 9.10. The van der Waals surface area contributed by atoms with E-state index in [-0.39, 0.29) is 0 Å². The Hall–Kier alpha value is -0.410. The number of nitrogens with zero attached hydrogens (tertiary/aromatic N) is 2. The lowest BCUT2D eigenvalue weighted by Crippen LogP contribution is -2.25. The molecule has 1 aromatic rings. The molecule has 1 aliphatic carbocycles. The lowest BCUT2D eigenvalue weighted by molar-refractivity contribution is 0.266. The average molecular weight is 255 g/mol. The Morgan fingerprint density at radius 2 is 2.29 bits per heavy atom. The number of halogens is 1. The van der Waals surface area contributed by atoms with Gasteiger partial charge in [0.15, 0.2) is 0 Å². The number of hydrogen-bond donors (Lipinski definition) is 0. The number of pyridine rings is 1. The Bertz CT molecular complexity index is 293. The summed E-state index contributed by atoms with van der Waals surface area (Å²) in [5, 5.41) is 0. The lowest BCUT2D eigenvalue weighted by atomic mass is 10.3. The number of rotatable bonds is 4. The van der Waals surface area contributed by atoms with Gasteiger partial charge in [0.2, 0.25) is 0 Å². The molecule has 1 saturated carbocycles. The van der Waals surface area contributed by atoms with Crippen molar-refractivity contribution in [3.63, 3.8) is 0 Å². The molecule has 2 nitrogen and oxygen atoms in total. The third kappa shape index (κ3) is 2.55. The van der Waals surface area contributed by atoms with Crippen molar-refractivity contribution in [2.24, 2.45) is 0 Å². The van der Waals surface area contributed by atoms with Crippen LogP contribution in [0.5, 0.6) is 0 Å². The van der Waals surface area contributed by atoms with Crippen LogP contribution < -0.4 is 0 Å². The first-order valence-corrected chi connectivity index (χ1v) is 5.93. The van der Waals surface area contributed by atoms with Gasteiger partial charge in [-0.25, -0.2) is 0 Å². The van der Waals surface area contributed by atoms with Crippen LogP contribution in [0.2, 0.25) is 0 Å². The van der Waals surface area contributed by atoms with Crippen LogP contribution in [0.4, 0.5) is 0 Å². The van der Waals surface area contributed by atoms with Crippen LogP contribution in [0.1, 0.15) is 25.5 Å². The molecule has 0 unspecified atom stereocenters. The Morgan fingerprint density at radius 1 is 1.50 bits per heavy atom. The largest absolute Gasteiger partial charge is 0.295 e. The van der Waals surface area contributed by atoms with Gasteiger partial charge in [-0.3, -0.25) is 9.88 Å². The normalized spacial score (nSPS) is 16.2. The van der Waals surface area contributed by atoms with Gasteiger partial charge >= 0.3 is 0 Å². The molecule has 3 heteroatoms. The van der Waals surface area contributed by atoms with Crippen LogP contribution in [0.15, 0.2) is 22.8 Å². The van der Waals surface area contributed by atoms with Crippen LogP contribution in [0.3, 0.4) is 0 Å². The topological polar surface area (TPSA) is 16.1 Å². The second kappa shape index (κ2) is 4.41. The molecule has 76 valence electrons. The minimum atomic E-state index is 0.824. The third-order valence-corrected chi connectivity index (χ3v) is 3.09. The van der Waals surface area contributed by atoms with Crippen molar-refractivity contribution in [3.8, 4) is 0 Å². The minimum absolute atomic E-state index is 0.824. The maximum absolute atomic E-state index is 4.39. The summed E-state index contributed by atoms with van der Waals surface area (Å²) in [5.74, 6) is 0.